The third-order valence-electron chi connectivity index (χ3n) is 7.71. The normalized spacial score (nSPS) is 17.7. The summed E-state index contributed by atoms with van der Waals surface area (Å²) in [5, 5.41) is 9.80. The summed E-state index contributed by atoms with van der Waals surface area (Å²) >= 11 is 0. The maximum Gasteiger partial charge on any atom is 0.133 e. The summed E-state index contributed by atoms with van der Waals surface area (Å²) in [5.74, 6) is 0.331. The summed E-state index contributed by atoms with van der Waals surface area (Å²) in [5.41, 5.74) is 3.49. The Labute approximate surface area is 215 Å². The summed E-state index contributed by atoms with van der Waals surface area (Å²) in [6, 6.07) is 13.6. The molecule has 0 saturated carbocycles. The van der Waals surface area contributed by atoms with E-state index in [1.165, 1.54) is 6.42 Å². The molecule has 2 saturated heterocycles. The van der Waals surface area contributed by atoms with Gasteiger partial charge in [0, 0.05) is 30.9 Å². The first kappa shape index (κ1) is 26.4. The zero-order valence-corrected chi connectivity index (χ0v) is 21.8. The molecule has 2 aliphatic heterocycles. The first-order valence-corrected chi connectivity index (χ1v) is 13.4. The van der Waals surface area contributed by atoms with Crippen molar-refractivity contribution in [2.24, 2.45) is 5.92 Å². The van der Waals surface area contributed by atoms with Gasteiger partial charge in [-0.1, -0.05) is 24.8 Å². The number of nitriles is 1. The first-order chi connectivity index (χ1) is 17.2. The van der Waals surface area contributed by atoms with Crippen molar-refractivity contribution in [2.45, 2.75) is 64.5 Å². The second kappa shape index (κ2) is 11.6. The van der Waals surface area contributed by atoms with Crippen LogP contribution in [0.5, 0.6) is 0 Å². The lowest BCUT2D eigenvalue weighted by atomic mass is 9.88. The van der Waals surface area contributed by atoms with Gasteiger partial charge in [0.05, 0.1) is 11.6 Å². The van der Waals surface area contributed by atoms with Gasteiger partial charge in [-0.3, -0.25) is 0 Å². The molecule has 0 N–H and O–H groups in total. The number of benzene rings is 2. The van der Waals surface area contributed by atoms with Crippen molar-refractivity contribution < 1.29 is 8.78 Å². The lowest BCUT2D eigenvalue weighted by molar-refractivity contribution is 0.0943. The largest absolute Gasteiger partial charge is 0.371 e. The van der Waals surface area contributed by atoms with E-state index in [0.717, 1.165) is 87.1 Å². The van der Waals surface area contributed by atoms with Crippen LogP contribution in [0.2, 0.25) is 0 Å². The number of hydrogen-bond acceptors (Lipinski definition) is 3. The van der Waals surface area contributed by atoms with Crippen molar-refractivity contribution in [1.82, 2.24) is 9.80 Å². The SMILES string of the molecule is C=C(c1ccc(-c2ccc(CCC3CCN(CC(C)(C)F)CC3)c(C#N)c2)cc1F)N1CCCCC1. The zero-order valence-electron chi connectivity index (χ0n) is 21.8. The van der Waals surface area contributed by atoms with Crippen LogP contribution in [0.25, 0.3) is 16.8 Å². The fraction of sp³-hybridized carbons (Fsp3) is 0.516. The third-order valence-corrected chi connectivity index (χ3v) is 7.71. The lowest BCUT2D eigenvalue weighted by Crippen LogP contribution is -2.41. The number of halogens is 2. The van der Waals surface area contributed by atoms with Crippen molar-refractivity contribution in [3.63, 3.8) is 0 Å². The molecule has 5 heteroatoms. The van der Waals surface area contributed by atoms with Gasteiger partial charge in [0.15, 0.2) is 0 Å². The molecule has 4 rings (SSSR count). The van der Waals surface area contributed by atoms with Crippen molar-refractivity contribution >= 4 is 5.70 Å². The quantitative estimate of drug-likeness (QED) is 0.391. The maximum atomic E-state index is 15.1. The van der Waals surface area contributed by atoms with Crippen molar-refractivity contribution in [2.75, 3.05) is 32.7 Å². The van der Waals surface area contributed by atoms with Crippen LogP contribution in [0, 0.1) is 23.1 Å². The predicted molar refractivity (Wildman–Crippen MR) is 144 cm³/mol. The highest BCUT2D eigenvalue weighted by Crippen LogP contribution is 2.30. The van der Waals surface area contributed by atoms with Gasteiger partial charge in [0.25, 0.3) is 0 Å². The van der Waals surface area contributed by atoms with Gasteiger partial charge in [-0.05, 0) is 113 Å². The van der Waals surface area contributed by atoms with Crippen molar-refractivity contribution in [3.05, 3.63) is 65.5 Å². The van der Waals surface area contributed by atoms with Crippen LogP contribution < -0.4 is 0 Å². The number of rotatable bonds is 8. The van der Waals surface area contributed by atoms with E-state index in [4.69, 9.17) is 0 Å². The smallest absolute Gasteiger partial charge is 0.133 e. The lowest BCUT2D eigenvalue weighted by Gasteiger charge is -2.34. The summed E-state index contributed by atoms with van der Waals surface area (Å²) in [7, 11) is 0. The summed E-state index contributed by atoms with van der Waals surface area (Å²) in [6.45, 7) is 11.7. The number of nitrogens with zero attached hydrogens (tertiary/aromatic N) is 3. The standard InChI is InChI=1S/C31H39F2N3/c1-23(36-15-5-4-6-16-36)29-12-11-27(20-30(29)32)26-10-9-25(28(19-26)21-34)8-7-24-13-17-35(18-14-24)22-31(2,3)33/h9-12,19-20,24H,1,4-8,13-18,22H2,2-3H3. The van der Waals surface area contributed by atoms with Gasteiger partial charge in [0.2, 0.25) is 0 Å². The molecule has 0 spiro atoms. The molecule has 36 heavy (non-hydrogen) atoms. The van der Waals surface area contributed by atoms with Gasteiger partial charge in [-0.15, -0.1) is 0 Å². The Morgan fingerprint density at radius 1 is 1.03 bits per heavy atom. The van der Waals surface area contributed by atoms with Crippen LogP contribution >= 0.6 is 0 Å². The van der Waals surface area contributed by atoms with E-state index in [9.17, 15) is 9.65 Å². The molecule has 2 aromatic carbocycles. The van der Waals surface area contributed by atoms with Crippen LogP contribution in [-0.2, 0) is 6.42 Å². The molecule has 0 bridgehead atoms. The number of likely N-dealkylation sites (tertiary alicyclic amines) is 2. The van der Waals surface area contributed by atoms with Gasteiger partial charge >= 0.3 is 0 Å². The molecule has 2 fully saturated rings. The number of piperidine rings is 2. The Hall–Kier alpha value is -2.71. The molecule has 3 nitrogen and oxygen atoms in total. The van der Waals surface area contributed by atoms with E-state index in [1.807, 2.05) is 30.3 Å². The van der Waals surface area contributed by atoms with E-state index >= 15 is 4.39 Å². The highest BCUT2D eigenvalue weighted by Gasteiger charge is 2.25. The molecule has 2 heterocycles. The molecular formula is C31H39F2N3. The monoisotopic (exact) mass is 491 g/mol. The molecule has 0 radical (unpaired) electrons. The highest BCUT2D eigenvalue weighted by molar-refractivity contribution is 5.70. The topological polar surface area (TPSA) is 30.3 Å². The van der Waals surface area contributed by atoms with E-state index < -0.39 is 5.67 Å². The fourth-order valence-corrected chi connectivity index (χ4v) is 5.67. The van der Waals surface area contributed by atoms with Crippen LogP contribution in [0.3, 0.4) is 0 Å². The van der Waals surface area contributed by atoms with Crippen LogP contribution in [0.15, 0.2) is 43.0 Å². The zero-order chi connectivity index (χ0) is 25.7. The summed E-state index contributed by atoms with van der Waals surface area (Å²) < 4.78 is 29.0. The van der Waals surface area contributed by atoms with Crippen molar-refractivity contribution in [3.8, 4) is 17.2 Å². The third kappa shape index (κ3) is 6.73. The average molecular weight is 492 g/mol. The Bertz CT molecular complexity index is 1100. The Morgan fingerprint density at radius 3 is 2.33 bits per heavy atom. The van der Waals surface area contributed by atoms with E-state index in [-0.39, 0.29) is 5.82 Å². The molecule has 2 aromatic rings. The molecule has 2 aliphatic rings. The second-order valence-corrected chi connectivity index (χ2v) is 11.1. The number of aryl methyl sites for hydroxylation is 1. The minimum atomic E-state index is -1.15. The maximum absolute atomic E-state index is 15.1. The summed E-state index contributed by atoms with van der Waals surface area (Å²) in [6.07, 6.45) is 7.50. The Kier molecular flexibility index (Phi) is 8.46. The molecule has 0 aromatic heterocycles. The predicted octanol–water partition coefficient (Wildman–Crippen LogP) is 7.21. The van der Waals surface area contributed by atoms with E-state index in [0.29, 0.717) is 23.6 Å². The first-order valence-electron chi connectivity index (χ1n) is 13.4. The van der Waals surface area contributed by atoms with E-state index in [2.05, 4.69) is 22.4 Å². The van der Waals surface area contributed by atoms with Gasteiger partial charge in [0.1, 0.15) is 11.5 Å². The fourth-order valence-electron chi connectivity index (χ4n) is 5.67. The van der Waals surface area contributed by atoms with Gasteiger partial charge in [-0.2, -0.15) is 5.26 Å². The Morgan fingerprint density at radius 2 is 1.69 bits per heavy atom. The van der Waals surface area contributed by atoms with Crippen LogP contribution in [-0.4, -0.2) is 48.2 Å². The van der Waals surface area contributed by atoms with Crippen LogP contribution in [0.4, 0.5) is 8.78 Å². The molecule has 0 atom stereocenters. The summed E-state index contributed by atoms with van der Waals surface area (Å²) in [4.78, 5) is 4.40. The second-order valence-electron chi connectivity index (χ2n) is 11.1. The molecule has 0 amide bonds. The average Bonchev–Trinajstić information content (AvgIpc) is 2.87. The Balaban J connectivity index is 1.38. The van der Waals surface area contributed by atoms with E-state index in [1.54, 1.807) is 19.9 Å². The van der Waals surface area contributed by atoms with Crippen LogP contribution in [0.1, 0.15) is 69.1 Å². The highest BCUT2D eigenvalue weighted by atomic mass is 19.1. The van der Waals surface area contributed by atoms with Crippen molar-refractivity contribution in [1.29, 1.82) is 5.26 Å². The number of alkyl halides is 1. The minimum Gasteiger partial charge on any atom is -0.371 e. The molecule has 0 unspecified atom stereocenters. The molecule has 0 aliphatic carbocycles. The molecule has 192 valence electrons. The van der Waals surface area contributed by atoms with Gasteiger partial charge < -0.3 is 9.80 Å². The minimum absolute atomic E-state index is 0.270. The molecular weight excluding hydrogens is 452 g/mol. The number of hydrogen-bond donors (Lipinski definition) is 0. The van der Waals surface area contributed by atoms with Gasteiger partial charge in [-0.25, -0.2) is 8.78 Å².